The summed E-state index contributed by atoms with van der Waals surface area (Å²) in [5, 5.41) is 2.36. The number of imide groups is 1. The molecule has 19 heavy (non-hydrogen) atoms. The van der Waals surface area contributed by atoms with Gasteiger partial charge in [-0.05, 0) is 40.0 Å². The normalized spacial score (nSPS) is 23.3. The van der Waals surface area contributed by atoms with Gasteiger partial charge in [-0.15, -0.1) is 0 Å². The minimum Gasteiger partial charge on any atom is -0.296 e. The molecule has 1 saturated heterocycles. The minimum absolute atomic E-state index is 0.233. The Kier molecular flexibility index (Phi) is 4.34. The average molecular weight is 328 g/mol. The highest BCUT2D eigenvalue weighted by Crippen LogP contribution is 2.35. The van der Waals surface area contributed by atoms with Crippen molar-refractivity contribution in [2.75, 3.05) is 0 Å². The Balaban J connectivity index is 2.34. The van der Waals surface area contributed by atoms with Crippen molar-refractivity contribution in [3.8, 4) is 0 Å². The van der Waals surface area contributed by atoms with Gasteiger partial charge < -0.3 is 0 Å². The number of halogens is 2. The molecule has 1 N–H and O–H groups in total. The summed E-state index contributed by atoms with van der Waals surface area (Å²) < 4.78 is 14.0. The van der Waals surface area contributed by atoms with Gasteiger partial charge in [0.05, 0.1) is 4.47 Å². The average Bonchev–Trinajstić information content (AvgIpc) is 2.36. The zero-order chi connectivity index (χ0) is 14.0. The van der Waals surface area contributed by atoms with Gasteiger partial charge >= 0.3 is 0 Å². The number of amides is 2. The van der Waals surface area contributed by atoms with Gasteiger partial charge in [0, 0.05) is 18.3 Å². The Morgan fingerprint density at radius 2 is 2.16 bits per heavy atom. The number of nitrogens with one attached hydrogen (secondary N) is 1. The summed E-state index contributed by atoms with van der Waals surface area (Å²) in [5.41, 5.74) is 0.711. The molecule has 0 bridgehead atoms. The van der Waals surface area contributed by atoms with Crippen LogP contribution in [-0.2, 0) is 9.59 Å². The van der Waals surface area contributed by atoms with E-state index in [2.05, 4.69) is 21.2 Å². The first-order valence-corrected chi connectivity index (χ1v) is 7.11. The summed E-state index contributed by atoms with van der Waals surface area (Å²) in [6.07, 6.45) is 1.78. The van der Waals surface area contributed by atoms with E-state index in [-0.39, 0.29) is 35.9 Å². The second-order valence-electron chi connectivity index (χ2n) is 4.79. The monoisotopic (exact) mass is 327 g/mol. The summed E-state index contributed by atoms with van der Waals surface area (Å²) in [6, 6.07) is 4.79. The van der Waals surface area contributed by atoms with Gasteiger partial charge in [0.15, 0.2) is 0 Å². The van der Waals surface area contributed by atoms with Crippen LogP contribution in [0.3, 0.4) is 0 Å². The Labute approximate surface area is 119 Å². The molecule has 2 rings (SSSR count). The molecule has 1 aliphatic heterocycles. The highest BCUT2D eigenvalue weighted by molar-refractivity contribution is 9.10. The van der Waals surface area contributed by atoms with E-state index in [0.29, 0.717) is 16.5 Å². The molecular weight excluding hydrogens is 313 g/mol. The third-order valence-corrected chi connectivity index (χ3v) is 4.11. The SMILES string of the molecule is CCCC1C(=O)NC(=O)CC1c1ccc(Br)c(F)c1. The molecule has 2 atom stereocenters. The molecule has 2 amide bonds. The van der Waals surface area contributed by atoms with Gasteiger partial charge in [-0.1, -0.05) is 19.4 Å². The van der Waals surface area contributed by atoms with Crippen molar-refractivity contribution in [2.45, 2.75) is 32.1 Å². The molecule has 1 heterocycles. The lowest BCUT2D eigenvalue weighted by atomic mass is 9.78. The first kappa shape index (κ1) is 14.2. The summed E-state index contributed by atoms with van der Waals surface area (Å²) in [5.74, 6) is -1.39. The maximum Gasteiger partial charge on any atom is 0.230 e. The molecule has 0 aromatic heterocycles. The van der Waals surface area contributed by atoms with E-state index in [1.54, 1.807) is 12.1 Å². The van der Waals surface area contributed by atoms with E-state index >= 15 is 0 Å². The van der Waals surface area contributed by atoms with E-state index in [1.165, 1.54) is 6.07 Å². The zero-order valence-corrected chi connectivity index (χ0v) is 12.2. The van der Waals surface area contributed by atoms with Crippen molar-refractivity contribution in [3.63, 3.8) is 0 Å². The van der Waals surface area contributed by atoms with Crippen LogP contribution in [0.2, 0.25) is 0 Å². The second-order valence-corrected chi connectivity index (χ2v) is 5.65. The number of piperidine rings is 1. The number of hydrogen-bond donors (Lipinski definition) is 1. The third-order valence-electron chi connectivity index (χ3n) is 3.46. The Morgan fingerprint density at radius 1 is 1.42 bits per heavy atom. The quantitative estimate of drug-likeness (QED) is 0.867. The lowest BCUT2D eigenvalue weighted by molar-refractivity contribution is -0.137. The third kappa shape index (κ3) is 3.03. The maximum atomic E-state index is 13.6. The summed E-state index contributed by atoms with van der Waals surface area (Å²) in [4.78, 5) is 23.4. The van der Waals surface area contributed by atoms with Crippen molar-refractivity contribution in [2.24, 2.45) is 5.92 Å². The van der Waals surface area contributed by atoms with Gasteiger partial charge in [-0.2, -0.15) is 0 Å². The molecule has 5 heteroatoms. The van der Waals surface area contributed by atoms with Crippen LogP contribution in [0.25, 0.3) is 0 Å². The van der Waals surface area contributed by atoms with Gasteiger partial charge in [0.1, 0.15) is 5.82 Å². The van der Waals surface area contributed by atoms with Gasteiger partial charge in [0.2, 0.25) is 11.8 Å². The number of carbonyl (C=O) groups excluding carboxylic acids is 2. The first-order valence-electron chi connectivity index (χ1n) is 6.31. The fraction of sp³-hybridized carbons (Fsp3) is 0.429. The van der Waals surface area contributed by atoms with Crippen molar-refractivity contribution in [1.29, 1.82) is 0 Å². The minimum atomic E-state index is -0.369. The standard InChI is InChI=1S/C14H15BrFNO2/c1-2-3-9-10(7-13(18)17-14(9)19)8-4-5-11(15)12(16)6-8/h4-6,9-10H,2-3,7H2,1H3,(H,17,18,19). The molecule has 1 aromatic rings. The van der Waals surface area contributed by atoms with Crippen LogP contribution >= 0.6 is 15.9 Å². The summed E-state index contributed by atoms with van der Waals surface area (Å²) in [6.45, 7) is 1.99. The van der Waals surface area contributed by atoms with Crippen LogP contribution in [-0.4, -0.2) is 11.8 Å². The Bertz CT molecular complexity index is 518. The van der Waals surface area contributed by atoms with Gasteiger partial charge in [-0.3, -0.25) is 14.9 Å². The predicted molar refractivity (Wildman–Crippen MR) is 73.0 cm³/mol. The molecule has 1 fully saturated rings. The molecular formula is C14H15BrFNO2. The smallest absolute Gasteiger partial charge is 0.230 e. The highest BCUT2D eigenvalue weighted by Gasteiger charge is 2.36. The molecule has 1 aromatic carbocycles. The molecule has 2 unspecified atom stereocenters. The van der Waals surface area contributed by atoms with Crippen LogP contribution in [0.5, 0.6) is 0 Å². The number of benzene rings is 1. The van der Waals surface area contributed by atoms with E-state index < -0.39 is 0 Å². The highest BCUT2D eigenvalue weighted by atomic mass is 79.9. The molecule has 0 aliphatic carbocycles. The van der Waals surface area contributed by atoms with Crippen LogP contribution in [0, 0.1) is 11.7 Å². The lowest BCUT2D eigenvalue weighted by Gasteiger charge is -2.30. The molecule has 1 aliphatic rings. The molecule has 102 valence electrons. The van der Waals surface area contributed by atoms with Crippen molar-refractivity contribution in [3.05, 3.63) is 34.1 Å². The van der Waals surface area contributed by atoms with Crippen LogP contribution in [0.1, 0.15) is 37.7 Å². The topological polar surface area (TPSA) is 46.2 Å². The second kappa shape index (κ2) is 5.82. The van der Waals surface area contributed by atoms with Crippen LogP contribution < -0.4 is 5.32 Å². The van der Waals surface area contributed by atoms with Crippen LogP contribution in [0.15, 0.2) is 22.7 Å². The van der Waals surface area contributed by atoms with Gasteiger partial charge in [-0.25, -0.2) is 4.39 Å². The summed E-state index contributed by atoms with van der Waals surface area (Å²) in [7, 11) is 0. The summed E-state index contributed by atoms with van der Waals surface area (Å²) >= 11 is 3.10. The van der Waals surface area contributed by atoms with Crippen molar-refractivity contribution in [1.82, 2.24) is 5.32 Å². The van der Waals surface area contributed by atoms with Crippen molar-refractivity contribution < 1.29 is 14.0 Å². The number of carbonyl (C=O) groups is 2. The Hall–Kier alpha value is -1.23. The maximum absolute atomic E-state index is 13.6. The van der Waals surface area contributed by atoms with E-state index in [1.807, 2.05) is 6.92 Å². The fourth-order valence-corrected chi connectivity index (χ4v) is 2.79. The zero-order valence-electron chi connectivity index (χ0n) is 10.6. The van der Waals surface area contributed by atoms with Crippen LogP contribution in [0.4, 0.5) is 4.39 Å². The molecule has 0 saturated carbocycles. The van der Waals surface area contributed by atoms with E-state index in [4.69, 9.17) is 0 Å². The van der Waals surface area contributed by atoms with E-state index in [0.717, 1.165) is 6.42 Å². The molecule has 0 radical (unpaired) electrons. The van der Waals surface area contributed by atoms with Crippen molar-refractivity contribution >= 4 is 27.7 Å². The lowest BCUT2D eigenvalue weighted by Crippen LogP contribution is -2.44. The predicted octanol–water partition coefficient (Wildman–Crippen LogP) is 3.13. The largest absolute Gasteiger partial charge is 0.296 e. The first-order chi connectivity index (χ1) is 9.02. The molecule has 3 nitrogen and oxygen atoms in total. The number of rotatable bonds is 3. The number of hydrogen-bond acceptors (Lipinski definition) is 2. The molecule has 0 spiro atoms. The Morgan fingerprint density at radius 3 is 2.79 bits per heavy atom. The fourth-order valence-electron chi connectivity index (χ4n) is 2.54. The van der Waals surface area contributed by atoms with Gasteiger partial charge in [0.25, 0.3) is 0 Å². The van der Waals surface area contributed by atoms with E-state index in [9.17, 15) is 14.0 Å².